The number of benzene rings is 1. The van der Waals surface area contributed by atoms with Crippen molar-refractivity contribution in [3.63, 3.8) is 0 Å². The molecule has 4 heteroatoms. The van der Waals surface area contributed by atoms with Crippen molar-refractivity contribution < 1.29 is 9.18 Å². The third-order valence-electron chi connectivity index (χ3n) is 3.70. The molecule has 1 unspecified atom stereocenters. The second kappa shape index (κ2) is 7.08. The number of carbonyl (C=O) groups is 1. The lowest BCUT2D eigenvalue weighted by Gasteiger charge is -2.25. The fourth-order valence-electron chi connectivity index (χ4n) is 2.60. The normalized spacial score (nSPS) is 19.2. The topological polar surface area (TPSA) is 32.3 Å². The molecular formula is C16H21FN2O. The van der Waals surface area contributed by atoms with Crippen LogP contribution in [0.5, 0.6) is 0 Å². The van der Waals surface area contributed by atoms with E-state index in [4.69, 9.17) is 0 Å². The summed E-state index contributed by atoms with van der Waals surface area (Å²) in [6.07, 6.45) is 4.82. The Balaban J connectivity index is 2.04. The third-order valence-corrected chi connectivity index (χ3v) is 3.70. The van der Waals surface area contributed by atoms with E-state index in [1.807, 2.05) is 17.0 Å². The van der Waals surface area contributed by atoms with Gasteiger partial charge in [0.1, 0.15) is 5.82 Å². The Labute approximate surface area is 119 Å². The van der Waals surface area contributed by atoms with Crippen LogP contribution < -0.4 is 5.32 Å². The first-order valence-electron chi connectivity index (χ1n) is 7.10. The highest BCUT2D eigenvalue weighted by Crippen LogP contribution is 2.26. The Bertz CT molecular complexity index is 458. The van der Waals surface area contributed by atoms with Crippen LogP contribution in [0.3, 0.4) is 0 Å². The van der Waals surface area contributed by atoms with Crippen LogP contribution in [-0.2, 0) is 0 Å². The average Bonchev–Trinajstić information content (AvgIpc) is 2.71. The van der Waals surface area contributed by atoms with Crippen LogP contribution in [0.15, 0.2) is 36.9 Å². The minimum Gasteiger partial charge on any atom is -0.335 e. The molecule has 108 valence electrons. The molecule has 1 aromatic rings. The molecule has 0 bridgehead atoms. The fraction of sp³-hybridized carbons (Fsp3) is 0.438. The van der Waals surface area contributed by atoms with Crippen molar-refractivity contribution in [1.82, 2.24) is 10.2 Å². The van der Waals surface area contributed by atoms with Crippen molar-refractivity contribution >= 4 is 6.03 Å². The molecule has 0 aromatic heterocycles. The molecule has 2 rings (SSSR count). The summed E-state index contributed by atoms with van der Waals surface area (Å²) in [5.41, 5.74) is 1.11. The van der Waals surface area contributed by atoms with Crippen LogP contribution in [0, 0.1) is 5.82 Å². The summed E-state index contributed by atoms with van der Waals surface area (Å²) in [5.74, 6) is 0.0653. The number of hydrogen-bond donors (Lipinski definition) is 1. The molecule has 1 aliphatic heterocycles. The molecule has 1 aromatic carbocycles. The molecule has 1 fully saturated rings. The summed E-state index contributed by atoms with van der Waals surface area (Å²) in [6, 6.07) is 6.58. The number of nitrogens with one attached hydrogen (secondary N) is 1. The van der Waals surface area contributed by atoms with E-state index in [9.17, 15) is 9.18 Å². The lowest BCUT2D eigenvalue weighted by molar-refractivity contribution is 0.198. The summed E-state index contributed by atoms with van der Waals surface area (Å²) in [6.45, 7) is 5.55. The third kappa shape index (κ3) is 3.83. The largest absolute Gasteiger partial charge is 0.335 e. The molecule has 20 heavy (non-hydrogen) atoms. The Hall–Kier alpha value is -1.84. The van der Waals surface area contributed by atoms with Crippen molar-refractivity contribution in [2.75, 3.05) is 19.6 Å². The van der Waals surface area contributed by atoms with Gasteiger partial charge in [-0.1, -0.05) is 24.6 Å². The fourth-order valence-corrected chi connectivity index (χ4v) is 2.60. The molecule has 0 spiro atoms. The summed E-state index contributed by atoms with van der Waals surface area (Å²) < 4.78 is 13.0. The maximum atomic E-state index is 13.0. The van der Waals surface area contributed by atoms with Gasteiger partial charge in [0, 0.05) is 25.6 Å². The first-order chi connectivity index (χ1) is 9.70. The summed E-state index contributed by atoms with van der Waals surface area (Å²) in [7, 11) is 0. The number of likely N-dealkylation sites (tertiary alicyclic amines) is 1. The highest BCUT2D eigenvalue weighted by molar-refractivity contribution is 5.74. The van der Waals surface area contributed by atoms with Crippen LogP contribution in [-0.4, -0.2) is 30.6 Å². The number of urea groups is 1. The van der Waals surface area contributed by atoms with Gasteiger partial charge in [-0.2, -0.15) is 0 Å². The van der Waals surface area contributed by atoms with Gasteiger partial charge >= 0.3 is 6.03 Å². The lowest BCUT2D eigenvalue weighted by atomic mass is 9.94. The molecule has 1 heterocycles. The Kier molecular flexibility index (Phi) is 5.16. The van der Waals surface area contributed by atoms with Gasteiger partial charge in [-0.15, -0.1) is 6.58 Å². The second-order valence-electron chi connectivity index (χ2n) is 5.17. The highest BCUT2D eigenvalue weighted by atomic mass is 19.1. The van der Waals surface area contributed by atoms with E-state index < -0.39 is 0 Å². The van der Waals surface area contributed by atoms with Gasteiger partial charge in [0.25, 0.3) is 0 Å². The Morgan fingerprint density at radius 3 is 2.85 bits per heavy atom. The zero-order valence-electron chi connectivity index (χ0n) is 11.6. The Morgan fingerprint density at radius 2 is 2.15 bits per heavy atom. The smallest absolute Gasteiger partial charge is 0.317 e. The van der Waals surface area contributed by atoms with Crippen LogP contribution in [0.4, 0.5) is 9.18 Å². The number of carbonyl (C=O) groups excluding carboxylic acids is 1. The number of nitrogens with zero attached hydrogens (tertiary/aromatic N) is 1. The predicted molar refractivity (Wildman–Crippen MR) is 78.2 cm³/mol. The van der Waals surface area contributed by atoms with Gasteiger partial charge in [-0.05, 0) is 30.5 Å². The van der Waals surface area contributed by atoms with Crippen LogP contribution in [0.2, 0.25) is 0 Å². The maximum absolute atomic E-state index is 13.0. The van der Waals surface area contributed by atoms with Crippen LogP contribution in [0.25, 0.3) is 0 Å². The van der Waals surface area contributed by atoms with Gasteiger partial charge in [0.2, 0.25) is 0 Å². The average molecular weight is 276 g/mol. The standard InChI is InChI=1S/C16H21FN2O/c1-2-10-18-16(20)19-11-4-3-5-14(12-19)13-6-8-15(17)9-7-13/h2,6-9,14H,1,3-5,10-12H2,(H,18,20). The molecule has 2 amide bonds. The molecule has 0 aliphatic carbocycles. The minimum atomic E-state index is -0.219. The minimum absolute atomic E-state index is 0.0427. The van der Waals surface area contributed by atoms with Crippen molar-refractivity contribution in [3.05, 3.63) is 48.3 Å². The molecule has 1 N–H and O–H groups in total. The zero-order valence-corrected chi connectivity index (χ0v) is 11.6. The summed E-state index contributed by atoms with van der Waals surface area (Å²) in [4.78, 5) is 13.9. The van der Waals surface area contributed by atoms with Gasteiger partial charge in [-0.3, -0.25) is 0 Å². The van der Waals surface area contributed by atoms with E-state index in [-0.39, 0.29) is 17.8 Å². The first kappa shape index (κ1) is 14.6. The zero-order chi connectivity index (χ0) is 14.4. The van der Waals surface area contributed by atoms with Gasteiger partial charge in [0.05, 0.1) is 0 Å². The van der Waals surface area contributed by atoms with Crippen LogP contribution in [0.1, 0.15) is 30.7 Å². The van der Waals surface area contributed by atoms with Crippen molar-refractivity contribution in [1.29, 1.82) is 0 Å². The summed E-state index contributed by atoms with van der Waals surface area (Å²) in [5, 5.41) is 2.82. The molecular weight excluding hydrogens is 255 g/mol. The van der Waals surface area contributed by atoms with E-state index in [1.54, 1.807) is 6.08 Å². The van der Waals surface area contributed by atoms with Crippen molar-refractivity contribution in [2.24, 2.45) is 0 Å². The molecule has 3 nitrogen and oxygen atoms in total. The molecule has 1 atom stereocenters. The number of hydrogen-bond acceptors (Lipinski definition) is 1. The van der Waals surface area contributed by atoms with Crippen molar-refractivity contribution in [2.45, 2.75) is 25.2 Å². The number of rotatable bonds is 3. The maximum Gasteiger partial charge on any atom is 0.317 e. The lowest BCUT2D eigenvalue weighted by Crippen LogP contribution is -2.41. The van der Waals surface area contributed by atoms with E-state index in [2.05, 4.69) is 11.9 Å². The van der Waals surface area contributed by atoms with E-state index in [0.717, 1.165) is 31.4 Å². The number of amides is 2. The van der Waals surface area contributed by atoms with Gasteiger partial charge in [0.15, 0.2) is 0 Å². The van der Waals surface area contributed by atoms with E-state index in [0.29, 0.717) is 13.1 Å². The molecule has 0 radical (unpaired) electrons. The molecule has 1 saturated heterocycles. The van der Waals surface area contributed by atoms with E-state index >= 15 is 0 Å². The SMILES string of the molecule is C=CCNC(=O)N1CCCCC(c2ccc(F)cc2)C1. The van der Waals surface area contributed by atoms with Crippen molar-refractivity contribution in [3.8, 4) is 0 Å². The van der Waals surface area contributed by atoms with Gasteiger partial charge < -0.3 is 10.2 Å². The second-order valence-corrected chi connectivity index (χ2v) is 5.17. The quantitative estimate of drug-likeness (QED) is 0.844. The monoisotopic (exact) mass is 276 g/mol. The van der Waals surface area contributed by atoms with E-state index in [1.165, 1.54) is 12.1 Å². The summed E-state index contributed by atoms with van der Waals surface area (Å²) >= 11 is 0. The predicted octanol–water partition coefficient (Wildman–Crippen LogP) is 3.29. The highest BCUT2D eigenvalue weighted by Gasteiger charge is 2.22. The van der Waals surface area contributed by atoms with Gasteiger partial charge in [-0.25, -0.2) is 9.18 Å². The number of halogens is 1. The van der Waals surface area contributed by atoms with Crippen LogP contribution >= 0.6 is 0 Å². The molecule has 1 aliphatic rings. The molecule has 0 saturated carbocycles. The first-order valence-corrected chi connectivity index (χ1v) is 7.10. The Morgan fingerprint density at radius 1 is 1.40 bits per heavy atom.